The van der Waals surface area contributed by atoms with E-state index in [0.717, 1.165) is 0 Å². The SMILES string of the molecule is CC(C)(CC#N)c1c(OC(=O)c2ccccc2)c2cc(O)ccc2n1-c1ccc(F)cc1. The average Bonchev–Trinajstić information content (AvgIpc) is 3.09. The lowest BCUT2D eigenvalue weighted by molar-refractivity contribution is 0.0733. The third-order valence-corrected chi connectivity index (χ3v) is 5.36. The Morgan fingerprint density at radius 2 is 1.78 bits per heavy atom. The number of benzene rings is 3. The predicted molar refractivity (Wildman–Crippen MR) is 120 cm³/mol. The van der Waals surface area contributed by atoms with E-state index in [4.69, 9.17) is 4.74 Å². The Morgan fingerprint density at radius 3 is 2.44 bits per heavy atom. The van der Waals surface area contributed by atoms with Gasteiger partial charge in [-0.2, -0.15) is 5.26 Å². The smallest absolute Gasteiger partial charge is 0.343 e. The number of fused-ring (bicyclic) bond motifs is 1. The highest BCUT2D eigenvalue weighted by atomic mass is 19.1. The number of hydrogen-bond acceptors (Lipinski definition) is 4. The van der Waals surface area contributed by atoms with Crippen molar-refractivity contribution in [3.8, 4) is 23.3 Å². The van der Waals surface area contributed by atoms with E-state index in [9.17, 15) is 19.6 Å². The van der Waals surface area contributed by atoms with Crippen LogP contribution in [0.4, 0.5) is 4.39 Å². The van der Waals surface area contributed by atoms with Crippen LogP contribution in [-0.2, 0) is 5.41 Å². The molecule has 0 bridgehead atoms. The first kappa shape index (κ1) is 21.1. The van der Waals surface area contributed by atoms with Crippen LogP contribution in [-0.4, -0.2) is 15.6 Å². The number of rotatable bonds is 5. The third-order valence-electron chi connectivity index (χ3n) is 5.36. The molecule has 5 nitrogen and oxygen atoms in total. The summed E-state index contributed by atoms with van der Waals surface area (Å²) >= 11 is 0. The minimum Gasteiger partial charge on any atom is -0.508 e. The van der Waals surface area contributed by atoms with Crippen LogP contribution in [0, 0.1) is 17.1 Å². The minimum atomic E-state index is -0.732. The number of aromatic hydroxyl groups is 1. The molecule has 0 radical (unpaired) electrons. The summed E-state index contributed by atoms with van der Waals surface area (Å²) in [7, 11) is 0. The fourth-order valence-electron chi connectivity index (χ4n) is 3.83. The molecule has 4 rings (SSSR count). The molecule has 0 saturated heterocycles. The zero-order valence-corrected chi connectivity index (χ0v) is 17.7. The molecule has 160 valence electrons. The highest BCUT2D eigenvalue weighted by Gasteiger charge is 2.33. The van der Waals surface area contributed by atoms with Crippen LogP contribution in [0.25, 0.3) is 16.6 Å². The maximum Gasteiger partial charge on any atom is 0.343 e. The van der Waals surface area contributed by atoms with Crippen LogP contribution >= 0.6 is 0 Å². The van der Waals surface area contributed by atoms with Gasteiger partial charge in [-0.25, -0.2) is 9.18 Å². The second-order valence-corrected chi connectivity index (χ2v) is 8.17. The quantitative estimate of drug-likeness (QED) is 0.403. The molecule has 6 heteroatoms. The first-order valence-corrected chi connectivity index (χ1v) is 10.1. The maximum absolute atomic E-state index is 13.6. The van der Waals surface area contributed by atoms with E-state index < -0.39 is 11.4 Å². The van der Waals surface area contributed by atoms with Crippen LogP contribution in [0.3, 0.4) is 0 Å². The van der Waals surface area contributed by atoms with Crippen LogP contribution in [0.2, 0.25) is 0 Å². The number of hydrogen-bond donors (Lipinski definition) is 1. The highest BCUT2D eigenvalue weighted by Crippen LogP contribution is 2.44. The topological polar surface area (TPSA) is 75.2 Å². The number of ether oxygens (including phenoxy) is 1. The summed E-state index contributed by atoms with van der Waals surface area (Å²) in [6, 6.07) is 21.5. The fraction of sp³-hybridized carbons (Fsp3) is 0.154. The largest absolute Gasteiger partial charge is 0.508 e. The normalized spacial score (nSPS) is 11.3. The van der Waals surface area contributed by atoms with Gasteiger partial charge in [0.2, 0.25) is 0 Å². The summed E-state index contributed by atoms with van der Waals surface area (Å²) in [6.45, 7) is 3.76. The summed E-state index contributed by atoms with van der Waals surface area (Å²) in [5.41, 5.74) is 1.52. The van der Waals surface area contributed by atoms with E-state index >= 15 is 0 Å². The van der Waals surface area contributed by atoms with Crippen molar-refractivity contribution in [3.63, 3.8) is 0 Å². The van der Waals surface area contributed by atoms with Gasteiger partial charge < -0.3 is 14.4 Å². The Bertz CT molecular complexity index is 1330. The van der Waals surface area contributed by atoms with Gasteiger partial charge in [0.15, 0.2) is 5.75 Å². The number of halogens is 1. The minimum absolute atomic E-state index is 0.00963. The van der Waals surface area contributed by atoms with Gasteiger partial charge in [-0.3, -0.25) is 0 Å². The molecule has 0 aliphatic rings. The van der Waals surface area contributed by atoms with Gasteiger partial charge in [-0.15, -0.1) is 0 Å². The van der Waals surface area contributed by atoms with Gasteiger partial charge in [0.1, 0.15) is 11.6 Å². The van der Waals surface area contributed by atoms with Crippen molar-refractivity contribution in [2.24, 2.45) is 0 Å². The number of aromatic nitrogens is 1. The molecular weight excluding hydrogens is 407 g/mol. The molecule has 4 aromatic rings. The lowest BCUT2D eigenvalue weighted by Crippen LogP contribution is -2.23. The van der Waals surface area contributed by atoms with Crippen molar-refractivity contribution in [2.75, 3.05) is 0 Å². The summed E-state index contributed by atoms with van der Waals surface area (Å²) in [5.74, 6) is -0.665. The van der Waals surface area contributed by atoms with Gasteiger partial charge in [-0.05, 0) is 54.6 Å². The zero-order chi connectivity index (χ0) is 22.9. The highest BCUT2D eigenvalue weighted by molar-refractivity contribution is 5.97. The molecule has 0 aliphatic heterocycles. The number of nitriles is 1. The number of phenols is 1. The summed E-state index contributed by atoms with van der Waals surface area (Å²) < 4.78 is 21.4. The number of phenolic OH excluding ortho intramolecular Hbond substituents is 1. The van der Waals surface area contributed by atoms with Crippen LogP contribution in [0.1, 0.15) is 36.3 Å². The standard InChI is InChI=1S/C26H21FN2O3/c1-26(2,14-15-28)24-23(32-25(31)17-6-4-3-5-7-17)21-16-20(30)12-13-22(21)29(24)19-10-8-18(27)9-11-19/h3-13,16,30H,14H2,1-2H3. The Kier molecular flexibility index (Phi) is 5.41. The molecule has 0 aliphatic carbocycles. The van der Waals surface area contributed by atoms with Gasteiger partial charge in [0, 0.05) is 22.9 Å². The predicted octanol–water partition coefficient (Wildman–Crippen LogP) is 5.89. The molecular formula is C26H21FN2O3. The van der Waals surface area contributed by atoms with Gasteiger partial charge >= 0.3 is 5.97 Å². The van der Waals surface area contributed by atoms with E-state index in [0.29, 0.717) is 27.8 Å². The van der Waals surface area contributed by atoms with Crippen molar-refractivity contribution >= 4 is 16.9 Å². The average molecular weight is 428 g/mol. The Balaban J connectivity index is 2.03. The first-order chi connectivity index (χ1) is 15.3. The molecule has 0 saturated carbocycles. The van der Waals surface area contributed by atoms with Crippen LogP contribution < -0.4 is 4.74 Å². The molecule has 0 atom stereocenters. The van der Waals surface area contributed by atoms with Crippen molar-refractivity contribution in [3.05, 3.63) is 89.9 Å². The molecule has 3 aromatic carbocycles. The molecule has 0 fully saturated rings. The Morgan fingerprint density at radius 1 is 1.09 bits per heavy atom. The van der Waals surface area contributed by atoms with E-state index in [2.05, 4.69) is 6.07 Å². The maximum atomic E-state index is 13.6. The number of esters is 1. The second-order valence-electron chi connectivity index (χ2n) is 8.17. The van der Waals surface area contributed by atoms with Crippen molar-refractivity contribution in [2.45, 2.75) is 25.7 Å². The van der Waals surface area contributed by atoms with Gasteiger partial charge in [-0.1, -0.05) is 32.0 Å². The number of carbonyl (C=O) groups is 1. The summed E-state index contributed by atoms with van der Waals surface area (Å²) in [5, 5.41) is 20.2. The fourth-order valence-corrected chi connectivity index (χ4v) is 3.83. The van der Waals surface area contributed by atoms with E-state index in [-0.39, 0.29) is 23.7 Å². The van der Waals surface area contributed by atoms with Crippen molar-refractivity contribution in [1.82, 2.24) is 4.57 Å². The monoisotopic (exact) mass is 428 g/mol. The molecule has 1 heterocycles. The van der Waals surface area contributed by atoms with Crippen molar-refractivity contribution in [1.29, 1.82) is 5.26 Å². The van der Waals surface area contributed by atoms with Crippen LogP contribution in [0.15, 0.2) is 72.8 Å². The molecule has 1 N–H and O–H groups in total. The lowest BCUT2D eigenvalue weighted by atomic mass is 9.85. The van der Waals surface area contributed by atoms with E-state index in [1.165, 1.54) is 24.3 Å². The Hall–Kier alpha value is -4.11. The van der Waals surface area contributed by atoms with Crippen molar-refractivity contribution < 1.29 is 19.0 Å². The van der Waals surface area contributed by atoms with Gasteiger partial charge in [0.25, 0.3) is 0 Å². The molecule has 0 amide bonds. The third kappa shape index (κ3) is 3.81. The molecule has 0 spiro atoms. The summed E-state index contributed by atoms with van der Waals surface area (Å²) in [6.07, 6.45) is 0.145. The van der Waals surface area contributed by atoms with Gasteiger partial charge in [0.05, 0.1) is 22.8 Å². The van der Waals surface area contributed by atoms with E-state index in [1.54, 1.807) is 48.5 Å². The van der Waals surface area contributed by atoms with Crippen LogP contribution in [0.5, 0.6) is 11.5 Å². The Labute approximate surface area is 184 Å². The lowest BCUT2D eigenvalue weighted by Gasteiger charge is -2.25. The van der Waals surface area contributed by atoms with E-state index in [1.807, 2.05) is 18.4 Å². The number of nitrogens with zero attached hydrogens (tertiary/aromatic N) is 2. The number of carbonyl (C=O) groups excluding carboxylic acids is 1. The zero-order valence-electron chi connectivity index (χ0n) is 17.7. The first-order valence-electron chi connectivity index (χ1n) is 10.1. The molecule has 32 heavy (non-hydrogen) atoms. The molecule has 1 aromatic heterocycles. The molecule has 0 unspecified atom stereocenters. The second kappa shape index (κ2) is 8.20. The summed E-state index contributed by atoms with van der Waals surface area (Å²) in [4.78, 5) is 13.0.